The van der Waals surface area contributed by atoms with E-state index >= 15 is 0 Å². The van der Waals surface area contributed by atoms with Gasteiger partial charge in [0.1, 0.15) is 0 Å². The van der Waals surface area contributed by atoms with Gasteiger partial charge in [0.25, 0.3) is 0 Å². The molecular weight excluding hydrogens is 741 g/mol. The Hall–Kier alpha value is -7.30. The first-order chi connectivity index (χ1) is 30.0. The van der Waals surface area contributed by atoms with Crippen molar-refractivity contribution in [3.8, 4) is 0 Å². The maximum absolute atomic E-state index is 2.37. The lowest BCUT2D eigenvalue weighted by atomic mass is 10.0. The molecule has 0 saturated carbocycles. The lowest BCUT2D eigenvalue weighted by molar-refractivity contribution is 0.933. The fourth-order valence-corrected chi connectivity index (χ4v) is 8.51. The Morgan fingerprint density at radius 2 is 0.590 bits per heavy atom. The minimum Gasteiger partial charge on any atom is -0.311 e. The van der Waals surface area contributed by atoms with Gasteiger partial charge in [-0.2, -0.15) is 0 Å². The minimum atomic E-state index is 1.04. The second kappa shape index (κ2) is 17.9. The van der Waals surface area contributed by atoms with Crippen LogP contribution in [0.4, 0.5) is 56.9 Å². The van der Waals surface area contributed by atoms with Crippen molar-refractivity contribution in [3.63, 3.8) is 0 Å². The van der Waals surface area contributed by atoms with Crippen molar-refractivity contribution < 1.29 is 0 Å². The molecule has 2 aliphatic carbocycles. The first kappa shape index (κ1) is 39.2. The Bertz CT molecular complexity index is 2570. The second-order valence-electron chi connectivity index (χ2n) is 16.1. The second-order valence-corrected chi connectivity index (χ2v) is 16.1. The number of benzene rings is 7. The Balaban J connectivity index is 1.13. The summed E-state index contributed by atoms with van der Waals surface area (Å²) in [6, 6.07) is 67.7. The van der Waals surface area contributed by atoms with Gasteiger partial charge in [0.2, 0.25) is 0 Å². The van der Waals surface area contributed by atoms with Crippen molar-refractivity contribution in [1.29, 1.82) is 0 Å². The van der Waals surface area contributed by atoms with Gasteiger partial charge in [0.05, 0.1) is 0 Å². The highest BCUT2D eigenvalue weighted by atomic mass is 15.2. The number of rotatable bonds is 12. The van der Waals surface area contributed by atoms with Crippen molar-refractivity contribution in [2.45, 2.75) is 46.5 Å². The largest absolute Gasteiger partial charge is 0.311 e. The van der Waals surface area contributed by atoms with Crippen LogP contribution in [0.3, 0.4) is 0 Å². The van der Waals surface area contributed by atoms with Crippen molar-refractivity contribution in [2.75, 3.05) is 19.6 Å². The zero-order valence-electron chi connectivity index (χ0n) is 35.3. The molecule has 7 aromatic carbocycles. The molecule has 0 radical (unpaired) electrons. The molecule has 0 heterocycles. The molecule has 4 nitrogen and oxygen atoms in total. The van der Waals surface area contributed by atoms with E-state index in [2.05, 4.69) is 253 Å². The summed E-state index contributed by atoms with van der Waals surface area (Å²) in [6.07, 6.45) is 13.7. The number of allylic oxidation sites excluding steroid dienone is 6. The Kier molecular flexibility index (Phi) is 11.5. The van der Waals surface area contributed by atoms with Gasteiger partial charge in [-0.3, -0.25) is 0 Å². The van der Waals surface area contributed by atoms with Crippen LogP contribution in [0.2, 0.25) is 0 Å². The van der Waals surface area contributed by atoms with E-state index < -0.39 is 0 Å². The highest BCUT2D eigenvalue weighted by Gasteiger charge is 2.21. The lowest BCUT2D eigenvalue weighted by Gasteiger charge is -2.31. The molecule has 0 aromatic heterocycles. The number of hydrogen-bond acceptors (Lipinski definition) is 4. The van der Waals surface area contributed by atoms with Crippen LogP contribution in [0.25, 0.3) is 0 Å². The van der Waals surface area contributed by atoms with Crippen LogP contribution in [-0.2, 0) is 0 Å². The van der Waals surface area contributed by atoms with E-state index in [-0.39, 0.29) is 0 Å². The normalized spacial score (nSPS) is 13.6. The van der Waals surface area contributed by atoms with Crippen LogP contribution in [0.5, 0.6) is 0 Å². The average Bonchev–Trinajstić information content (AvgIpc) is 3.30. The number of anilines is 10. The van der Waals surface area contributed by atoms with Gasteiger partial charge in [0, 0.05) is 68.3 Å². The molecule has 0 bridgehead atoms. The molecule has 0 aliphatic heterocycles. The molecule has 7 aromatic rings. The fourth-order valence-electron chi connectivity index (χ4n) is 8.51. The van der Waals surface area contributed by atoms with E-state index in [1.165, 1.54) is 28.1 Å². The van der Waals surface area contributed by atoms with Gasteiger partial charge >= 0.3 is 0 Å². The maximum atomic E-state index is 2.37. The van der Waals surface area contributed by atoms with Crippen LogP contribution in [-0.4, -0.2) is 0 Å². The summed E-state index contributed by atoms with van der Waals surface area (Å²) in [4.78, 5) is 9.44. The molecule has 2 aliphatic rings. The van der Waals surface area contributed by atoms with Gasteiger partial charge in [0.15, 0.2) is 0 Å². The minimum absolute atomic E-state index is 1.04. The van der Waals surface area contributed by atoms with Crippen LogP contribution >= 0.6 is 0 Å². The monoisotopic (exact) mass is 792 g/mol. The Labute approximate surface area is 362 Å². The fraction of sp³-hybridized carbons (Fsp3) is 0.123. The molecule has 9 rings (SSSR count). The van der Waals surface area contributed by atoms with Crippen LogP contribution in [0.1, 0.15) is 45.1 Å². The SMILES string of the molecule is CC1=CC(N(c2ccccc2)c2ccc(N(c3ccc(N(C4=CCCC(C)=C4)c4ccccc4)cc3)c3ccc(N(c4ccccc4)c4cccc(C)c4)cc3)cc2)=CCC1. The molecule has 0 atom stereocenters. The van der Waals surface area contributed by atoms with E-state index in [0.29, 0.717) is 0 Å². The van der Waals surface area contributed by atoms with Crippen LogP contribution in [0, 0.1) is 6.92 Å². The van der Waals surface area contributed by atoms with Crippen molar-refractivity contribution >= 4 is 56.9 Å². The van der Waals surface area contributed by atoms with Gasteiger partial charge in [-0.05, 0) is 185 Å². The van der Waals surface area contributed by atoms with Gasteiger partial charge < -0.3 is 19.6 Å². The molecule has 0 unspecified atom stereocenters. The quantitative estimate of drug-likeness (QED) is 0.122. The van der Waals surface area contributed by atoms with Crippen molar-refractivity contribution in [1.82, 2.24) is 0 Å². The van der Waals surface area contributed by atoms with E-state index in [1.54, 1.807) is 0 Å². The average molecular weight is 793 g/mol. The summed E-state index contributed by atoms with van der Waals surface area (Å²) >= 11 is 0. The smallest absolute Gasteiger partial charge is 0.0464 e. The van der Waals surface area contributed by atoms with Gasteiger partial charge in [-0.1, -0.05) is 90.0 Å². The number of para-hydroxylation sites is 3. The summed E-state index contributed by atoms with van der Waals surface area (Å²) in [6.45, 7) is 6.61. The summed E-state index contributed by atoms with van der Waals surface area (Å²) in [7, 11) is 0. The van der Waals surface area contributed by atoms with E-state index in [0.717, 1.165) is 82.6 Å². The standard InChI is InChI=1S/C57H52N4/c1-43-16-13-25-55(40-43)59(46-19-7-4-8-20-46)52-34-28-49(29-35-52)58(50-30-36-53(37-31-50)60(47-21-9-5-10-22-47)56-26-14-17-44(2)41-56)51-32-38-54(39-33-51)61(48-23-11-6-12-24-48)57-27-15-18-45(3)42-57/h4-13,16,19-42H,14-15,17-18H2,1-3H3. The summed E-state index contributed by atoms with van der Waals surface area (Å²) in [5.41, 5.74) is 17.6. The first-order valence-electron chi connectivity index (χ1n) is 21.5. The van der Waals surface area contributed by atoms with E-state index in [4.69, 9.17) is 0 Å². The van der Waals surface area contributed by atoms with Crippen molar-refractivity contribution in [3.05, 3.63) is 240 Å². The van der Waals surface area contributed by atoms with Crippen LogP contribution < -0.4 is 19.6 Å². The number of nitrogens with zero attached hydrogens (tertiary/aromatic N) is 4. The summed E-state index contributed by atoms with van der Waals surface area (Å²) in [5.74, 6) is 0. The van der Waals surface area contributed by atoms with E-state index in [1.807, 2.05) is 0 Å². The molecule has 4 heteroatoms. The Morgan fingerprint density at radius 3 is 0.934 bits per heavy atom. The molecule has 0 spiro atoms. The summed E-state index contributed by atoms with van der Waals surface area (Å²) in [5, 5.41) is 0. The topological polar surface area (TPSA) is 13.0 Å². The third kappa shape index (κ3) is 8.71. The third-order valence-electron chi connectivity index (χ3n) is 11.5. The predicted molar refractivity (Wildman–Crippen MR) is 260 cm³/mol. The molecule has 0 N–H and O–H groups in total. The molecule has 61 heavy (non-hydrogen) atoms. The Morgan fingerprint density at radius 1 is 0.295 bits per heavy atom. The van der Waals surface area contributed by atoms with E-state index in [9.17, 15) is 0 Å². The zero-order chi connectivity index (χ0) is 41.5. The maximum Gasteiger partial charge on any atom is 0.0464 e. The predicted octanol–water partition coefficient (Wildman–Crippen LogP) is 16.5. The highest BCUT2D eigenvalue weighted by molar-refractivity contribution is 5.83. The number of aryl methyl sites for hydroxylation is 1. The highest BCUT2D eigenvalue weighted by Crippen LogP contribution is 2.42. The van der Waals surface area contributed by atoms with Crippen molar-refractivity contribution in [2.24, 2.45) is 0 Å². The molecule has 0 fully saturated rings. The first-order valence-corrected chi connectivity index (χ1v) is 21.5. The van der Waals surface area contributed by atoms with Crippen LogP contribution in [0.15, 0.2) is 235 Å². The van der Waals surface area contributed by atoms with Gasteiger partial charge in [-0.25, -0.2) is 0 Å². The molecule has 300 valence electrons. The molecule has 0 saturated heterocycles. The summed E-state index contributed by atoms with van der Waals surface area (Å²) < 4.78 is 0. The number of hydrogen-bond donors (Lipinski definition) is 0. The zero-order valence-corrected chi connectivity index (χ0v) is 35.3. The molecule has 0 amide bonds. The molecular formula is C57H52N4. The van der Waals surface area contributed by atoms with Gasteiger partial charge in [-0.15, -0.1) is 0 Å². The third-order valence-corrected chi connectivity index (χ3v) is 11.5. The lowest BCUT2D eigenvalue weighted by Crippen LogP contribution is -2.17.